The zero-order chi connectivity index (χ0) is 37.4. The van der Waals surface area contributed by atoms with E-state index in [2.05, 4.69) is 174 Å². The van der Waals surface area contributed by atoms with Crippen molar-refractivity contribution in [2.24, 2.45) is 0 Å². The van der Waals surface area contributed by atoms with Crippen molar-refractivity contribution in [3.8, 4) is 16.8 Å². The number of nitrogens with one attached hydrogen (secondary N) is 1. The Kier molecular flexibility index (Phi) is 6.55. The summed E-state index contributed by atoms with van der Waals surface area (Å²) in [5.74, 6) is 0. The van der Waals surface area contributed by atoms with Crippen molar-refractivity contribution in [2.75, 3.05) is 5.32 Å². The number of aromatic nitrogens is 1. The maximum absolute atomic E-state index is 6.50. The highest BCUT2D eigenvalue weighted by Crippen LogP contribution is 2.42. The van der Waals surface area contributed by atoms with Crippen LogP contribution in [0.3, 0.4) is 0 Å². The molecule has 1 radical (unpaired) electrons. The van der Waals surface area contributed by atoms with E-state index in [0.717, 1.165) is 71.9 Å². The molecule has 0 fully saturated rings. The standard InChI is InChI=1S/C50H40BN2O2/c1-49(2,3)28-15-18-30(19-16-28)52-40-22-17-29(50(4,5)6)23-35(40)33-20-21-34-36-24-37-31-11-7-9-13-43(31)55-46(37)27-41(36)53-42-25-38-32-12-8-10-14-44(32)54-45(38)26-39(42)51-47(33)48(34)53/h7-27,52H,1-6H3. The fourth-order valence-electron chi connectivity index (χ4n) is 8.77. The number of nitrogens with zero attached hydrogens (tertiary/aromatic N) is 1. The van der Waals surface area contributed by atoms with Crippen LogP contribution in [0.2, 0.25) is 0 Å². The van der Waals surface area contributed by atoms with Crippen LogP contribution in [0.1, 0.15) is 52.7 Å². The second kappa shape index (κ2) is 11.2. The largest absolute Gasteiger partial charge is 0.456 e. The van der Waals surface area contributed by atoms with Crippen molar-refractivity contribution in [3.63, 3.8) is 0 Å². The number of rotatable bonds is 3. The lowest BCUT2D eigenvalue weighted by molar-refractivity contribution is 0.590. The third-order valence-electron chi connectivity index (χ3n) is 11.7. The molecule has 1 N–H and O–H groups in total. The number of benzene rings is 7. The summed E-state index contributed by atoms with van der Waals surface area (Å²) in [6, 6.07) is 46.3. The van der Waals surface area contributed by atoms with Crippen molar-refractivity contribution in [1.29, 1.82) is 0 Å². The second-order valence-corrected chi connectivity index (χ2v) is 17.3. The van der Waals surface area contributed by atoms with Gasteiger partial charge in [-0.1, -0.05) is 114 Å². The molecule has 11 rings (SSSR count). The predicted molar refractivity (Wildman–Crippen MR) is 233 cm³/mol. The topological polar surface area (TPSA) is 43.2 Å². The summed E-state index contributed by atoms with van der Waals surface area (Å²) in [5.41, 5.74) is 16.5. The zero-order valence-electron chi connectivity index (χ0n) is 32.0. The lowest BCUT2D eigenvalue weighted by atomic mass is 9.59. The molecule has 0 saturated heterocycles. The molecule has 0 saturated carbocycles. The predicted octanol–water partition coefficient (Wildman–Crippen LogP) is 12.6. The lowest BCUT2D eigenvalue weighted by Gasteiger charge is -2.26. The SMILES string of the molecule is CC(C)(C)c1ccc(Nc2ccc(C(C)(C)C)cc2-c2ccc3c4cc5c(cc4n4c3c2[B]c2cc3oc6ccccc6c3cc2-4)oc2ccccc25)cc1. The highest BCUT2D eigenvalue weighted by atomic mass is 16.3. The minimum atomic E-state index is -0.0298. The maximum Gasteiger partial charge on any atom is 0.198 e. The average Bonchev–Trinajstić information content (AvgIpc) is 3.82. The Morgan fingerprint density at radius 3 is 1.84 bits per heavy atom. The van der Waals surface area contributed by atoms with Crippen LogP contribution in [0.15, 0.2) is 136 Å². The smallest absolute Gasteiger partial charge is 0.198 e. The number of hydrogen-bond donors (Lipinski definition) is 1. The van der Waals surface area contributed by atoms with Gasteiger partial charge in [0.05, 0.1) is 5.52 Å². The van der Waals surface area contributed by atoms with E-state index in [-0.39, 0.29) is 10.8 Å². The first kappa shape index (κ1) is 32.3. The first-order valence-electron chi connectivity index (χ1n) is 19.2. The van der Waals surface area contributed by atoms with E-state index in [1.165, 1.54) is 44.0 Å². The molecule has 55 heavy (non-hydrogen) atoms. The van der Waals surface area contributed by atoms with Gasteiger partial charge in [0.2, 0.25) is 0 Å². The lowest BCUT2D eigenvalue weighted by Crippen LogP contribution is -2.37. The van der Waals surface area contributed by atoms with Gasteiger partial charge in [0.15, 0.2) is 7.28 Å². The third kappa shape index (κ3) is 4.85. The van der Waals surface area contributed by atoms with Gasteiger partial charge in [-0.15, -0.1) is 0 Å². The second-order valence-electron chi connectivity index (χ2n) is 17.3. The van der Waals surface area contributed by atoms with Gasteiger partial charge < -0.3 is 18.7 Å². The fraction of sp³-hybridized carbons (Fsp3) is 0.160. The normalized spacial score (nSPS) is 13.1. The highest BCUT2D eigenvalue weighted by Gasteiger charge is 2.29. The zero-order valence-corrected chi connectivity index (χ0v) is 32.0. The van der Waals surface area contributed by atoms with E-state index in [1.807, 2.05) is 12.1 Å². The third-order valence-corrected chi connectivity index (χ3v) is 11.7. The van der Waals surface area contributed by atoms with Crippen LogP contribution in [0, 0.1) is 0 Å². The van der Waals surface area contributed by atoms with Crippen LogP contribution in [-0.4, -0.2) is 11.8 Å². The Balaban J connectivity index is 1.20. The molecule has 7 aromatic carbocycles. The summed E-state index contributed by atoms with van der Waals surface area (Å²) in [6.45, 7) is 13.6. The van der Waals surface area contributed by atoms with E-state index in [4.69, 9.17) is 8.83 Å². The fourth-order valence-corrected chi connectivity index (χ4v) is 8.77. The molecule has 5 heteroatoms. The van der Waals surface area contributed by atoms with E-state index in [0.29, 0.717) is 0 Å². The summed E-state index contributed by atoms with van der Waals surface area (Å²) in [4.78, 5) is 0. The summed E-state index contributed by atoms with van der Waals surface area (Å²) in [7, 11) is 2.38. The first-order valence-corrected chi connectivity index (χ1v) is 19.2. The van der Waals surface area contributed by atoms with Crippen LogP contribution in [0.5, 0.6) is 0 Å². The molecular weight excluding hydrogens is 671 g/mol. The van der Waals surface area contributed by atoms with Gasteiger partial charge in [-0.3, -0.25) is 0 Å². The molecule has 0 spiro atoms. The molecular formula is C50H40BN2O2. The summed E-state index contributed by atoms with van der Waals surface area (Å²) < 4.78 is 15.4. The first-order chi connectivity index (χ1) is 26.5. The van der Waals surface area contributed by atoms with E-state index >= 15 is 0 Å². The molecule has 4 heterocycles. The van der Waals surface area contributed by atoms with Crippen molar-refractivity contribution in [2.45, 2.75) is 52.4 Å². The highest BCUT2D eigenvalue weighted by molar-refractivity contribution is 6.73. The van der Waals surface area contributed by atoms with Crippen molar-refractivity contribution >= 4 is 95.3 Å². The number of hydrogen-bond acceptors (Lipinski definition) is 3. The number of anilines is 2. The van der Waals surface area contributed by atoms with E-state index in [9.17, 15) is 0 Å². The van der Waals surface area contributed by atoms with Gasteiger partial charge in [0, 0.05) is 66.5 Å². The minimum Gasteiger partial charge on any atom is -0.456 e. The van der Waals surface area contributed by atoms with Crippen LogP contribution >= 0.6 is 0 Å². The van der Waals surface area contributed by atoms with Crippen LogP contribution < -0.4 is 16.2 Å². The summed E-state index contributed by atoms with van der Waals surface area (Å²) in [5, 5.41) is 10.8. The Bertz CT molecular complexity index is 3220. The molecule has 4 nitrogen and oxygen atoms in total. The van der Waals surface area contributed by atoms with Gasteiger partial charge in [-0.05, 0) is 87.6 Å². The van der Waals surface area contributed by atoms with Crippen molar-refractivity contribution < 1.29 is 8.83 Å². The number of furan rings is 2. The Hall–Kier alpha value is -6.20. The molecule has 3 aromatic heterocycles. The Labute approximate surface area is 320 Å². The number of para-hydroxylation sites is 2. The van der Waals surface area contributed by atoms with Crippen molar-refractivity contribution in [3.05, 3.63) is 139 Å². The van der Waals surface area contributed by atoms with Gasteiger partial charge >= 0.3 is 0 Å². The molecule has 0 atom stereocenters. The van der Waals surface area contributed by atoms with Crippen molar-refractivity contribution in [1.82, 2.24) is 4.57 Å². The molecule has 0 aliphatic carbocycles. The van der Waals surface area contributed by atoms with Gasteiger partial charge in [-0.25, -0.2) is 0 Å². The molecule has 1 aliphatic heterocycles. The van der Waals surface area contributed by atoms with Gasteiger partial charge in [0.25, 0.3) is 0 Å². The molecule has 0 unspecified atom stereocenters. The van der Waals surface area contributed by atoms with Gasteiger partial charge in [0.1, 0.15) is 22.3 Å². The van der Waals surface area contributed by atoms with Crippen LogP contribution in [0.4, 0.5) is 11.4 Å². The van der Waals surface area contributed by atoms with Gasteiger partial charge in [-0.2, -0.15) is 0 Å². The average molecular weight is 712 g/mol. The quantitative estimate of drug-likeness (QED) is 0.186. The molecule has 0 bridgehead atoms. The Morgan fingerprint density at radius 2 is 1.15 bits per heavy atom. The number of fused-ring (bicyclic) bond motifs is 11. The summed E-state index contributed by atoms with van der Waals surface area (Å²) >= 11 is 0. The molecule has 0 amide bonds. The Morgan fingerprint density at radius 1 is 0.509 bits per heavy atom. The molecule has 1 aliphatic rings. The molecule has 10 aromatic rings. The van der Waals surface area contributed by atoms with Crippen LogP contribution in [-0.2, 0) is 10.8 Å². The maximum atomic E-state index is 6.50. The molecule has 265 valence electrons. The summed E-state index contributed by atoms with van der Waals surface area (Å²) in [6.07, 6.45) is 0. The minimum absolute atomic E-state index is 0.0298. The van der Waals surface area contributed by atoms with Crippen LogP contribution in [0.25, 0.3) is 82.5 Å². The van der Waals surface area contributed by atoms with E-state index < -0.39 is 0 Å². The van der Waals surface area contributed by atoms with E-state index in [1.54, 1.807) is 0 Å². The monoisotopic (exact) mass is 711 g/mol.